The number of hydrogen-bond acceptors (Lipinski definition) is 3. The van der Waals surface area contributed by atoms with Crippen LogP contribution in [0.2, 0.25) is 0 Å². The van der Waals surface area contributed by atoms with Crippen molar-refractivity contribution < 1.29 is 14.0 Å². The minimum absolute atomic E-state index is 0.286. The first-order chi connectivity index (χ1) is 11.2. The molecular formula is C20H31BO3. The molecule has 0 aromatic heterocycles. The summed E-state index contributed by atoms with van der Waals surface area (Å²) in [6.45, 7) is 14.6. The predicted octanol–water partition coefficient (Wildman–Crippen LogP) is 4.00. The lowest BCUT2D eigenvalue weighted by Crippen LogP contribution is -2.41. The van der Waals surface area contributed by atoms with Crippen molar-refractivity contribution in [2.75, 3.05) is 13.2 Å². The lowest BCUT2D eigenvalue weighted by molar-refractivity contribution is 0.00578. The van der Waals surface area contributed by atoms with Crippen molar-refractivity contribution in [1.82, 2.24) is 0 Å². The van der Waals surface area contributed by atoms with E-state index in [1.54, 1.807) is 0 Å². The number of hydrogen-bond donors (Lipinski definition) is 0. The van der Waals surface area contributed by atoms with Gasteiger partial charge in [-0.2, -0.15) is 0 Å². The van der Waals surface area contributed by atoms with Crippen molar-refractivity contribution in [2.24, 2.45) is 0 Å². The fraction of sp³-hybridized carbons (Fsp3) is 0.700. The van der Waals surface area contributed by atoms with Crippen LogP contribution in [-0.4, -0.2) is 31.5 Å². The average Bonchev–Trinajstić information content (AvgIpc) is 2.75. The maximum atomic E-state index is 6.36. The summed E-state index contributed by atoms with van der Waals surface area (Å²) in [6.07, 6.45) is 2.15. The molecule has 0 atom stereocenters. The molecule has 2 fully saturated rings. The van der Waals surface area contributed by atoms with Gasteiger partial charge in [0.2, 0.25) is 0 Å². The smallest absolute Gasteiger partial charge is 0.399 e. The summed E-state index contributed by atoms with van der Waals surface area (Å²) in [5.74, 6) is 1.03. The predicted molar refractivity (Wildman–Crippen MR) is 99.0 cm³/mol. The summed E-state index contributed by atoms with van der Waals surface area (Å²) in [5, 5.41) is 0. The Morgan fingerprint density at radius 1 is 1.00 bits per heavy atom. The van der Waals surface area contributed by atoms with Crippen molar-refractivity contribution in [3.05, 3.63) is 29.3 Å². The molecule has 0 unspecified atom stereocenters. The third-order valence-electron chi connectivity index (χ3n) is 5.95. The molecule has 3 rings (SSSR count). The molecule has 0 radical (unpaired) electrons. The van der Waals surface area contributed by atoms with Crippen molar-refractivity contribution in [3.8, 4) is 0 Å². The topological polar surface area (TPSA) is 27.7 Å². The van der Waals surface area contributed by atoms with Gasteiger partial charge in [-0.25, -0.2) is 0 Å². The molecule has 2 aliphatic heterocycles. The highest BCUT2D eigenvalue weighted by Gasteiger charge is 2.52. The lowest BCUT2D eigenvalue weighted by atomic mass is 9.70. The quantitative estimate of drug-likeness (QED) is 0.784. The fourth-order valence-corrected chi connectivity index (χ4v) is 3.51. The molecule has 132 valence electrons. The van der Waals surface area contributed by atoms with Crippen LogP contribution in [-0.2, 0) is 14.0 Å². The molecule has 3 nitrogen and oxygen atoms in total. The molecule has 2 saturated heterocycles. The Balaban J connectivity index is 1.99. The van der Waals surface area contributed by atoms with Crippen LogP contribution in [0, 0.1) is 0 Å². The normalized spacial score (nSPS) is 23.9. The second-order valence-corrected chi connectivity index (χ2v) is 8.52. The second kappa shape index (κ2) is 6.47. The molecule has 0 amide bonds. The molecule has 4 heteroatoms. The molecule has 1 aromatic rings. The minimum atomic E-state index is -0.307. The molecule has 0 bridgehead atoms. The molecule has 1 aromatic carbocycles. The first-order valence-electron chi connectivity index (χ1n) is 9.28. The Morgan fingerprint density at radius 3 is 2.12 bits per heavy atom. The molecular weight excluding hydrogens is 299 g/mol. The van der Waals surface area contributed by atoms with Gasteiger partial charge in [0.1, 0.15) is 0 Å². The van der Waals surface area contributed by atoms with E-state index in [-0.39, 0.29) is 18.3 Å². The van der Waals surface area contributed by atoms with Crippen LogP contribution >= 0.6 is 0 Å². The van der Waals surface area contributed by atoms with Gasteiger partial charge in [-0.1, -0.05) is 32.0 Å². The largest absolute Gasteiger partial charge is 0.495 e. The van der Waals surface area contributed by atoms with Gasteiger partial charge >= 0.3 is 7.12 Å². The molecule has 0 spiro atoms. The zero-order valence-electron chi connectivity index (χ0n) is 16.0. The lowest BCUT2D eigenvalue weighted by Gasteiger charge is -2.32. The molecule has 0 saturated carbocycles. The molecule has 2 heterocycles. The van der Waals surface area contributed by atoms with Crippen LogP contribution in [0.15, 0.2) is 18.2 Å². The Morgan fingerprint density at radius 2 is 1.58 bits per heavy atom. The fourth-order valence-electron chi connectivity index (χ4n) is 3.51. The zero-order chi connectivity index (χ0) is 17.5. The van der Waals surface area contributed by atoms with Crippen molar-refractivity contribution in [1.29, 1.82) is 0 Å². The first kappa shape index (κ1) is 18.0. The SMILES string of the molecule is CC(C)c1ccc(C2CCOCC2)c(B2OC(C)(C)C(C)(C)O2)c1. The van der Waals surface area contributed by atoms with Gasteiger partial charge in [0.15, 0.2) is 0 Å². The molecule has 2 aliphatic rings. The van der Waals surface area contributed by atoms with Gasteiger partial charge < -0.3 is 14.0 Å². The van der Waals surface area contributed by atoms with E-state index in [0.717, 1.165) is 26.1 Å². The van der Waals surface area contributed by atoms with Crippen LogP contribution < -0.4 is 5.46 Å². The van der Waals surface area contributed by atoms with Gasteiger partial charge in [0.05, 0.1) is 11.2 Å². The van der Waals surface area contributed by atoms with Crippen molar-refractivity contribution in [3.63, 3.8) is 0 Å². The van der Waals surface area contributed by atoms with Crippen molar-refractivity contribution >= 4 is 12.6 Å². The highest BCUT2D eigenvalue weighted by molar-refractivity contribution is 6.62. The summed E-state index contributed by atoms with van der Waals surface area (Å²) >= 11 is 0. The summed E-state index contributed by atoms with van der Waals surface area (Å²) < 4.78 is 18.3. The monoisotopic (exact) mass is 330 g/mol. The molecule has 0 N–H and O–H groups in total. The van der Waals surface area contributed by atoms with Gasteiger partial charge in [0, 0.05) is 13.2 Å². The first-order valence-corrected chi connectivity index (χ1v) is 9.28. The van der Waals surface area contributed by atoms with E-state index >= 15 is 0 Å². The Kier molecular flexibility index (Phi) is 4.85. The van der Waals surface area contributed by atoms with Gasteiger partial charge in [-0.05, 0) is 69.0 Å². The third-order valence-corrected chi connectivity index (χ3v) is 5.95. The van der Waals surface area contributed by atoms with Gasteiger partial charge in [0.25, 0.3) is 0 Å². The van der Waals surface area contributed by atoms with E-state index in [2.05, 4.69) is 59.7 Å². The number of ether oxygens (including phenoxy) is 1. The highest BCUT2D eigenvalue weighted by Crippen LogP contribution is 2.38. The standard InChI is InChI=1S/C20H31BO3/c1-14(2)16-7-8-17(15-9-11-22-12-10-15)18(13-16)21-23-19(3,4)20(5,6)24-21/h7-8,13-15H,9-12H2,1-6H3. The summed E-state index contributed by atoms with van der Waals surface area (Å²) in [6, 6.07) is 6.87. The Labute approximate surface area is 147 Å². The van der Waals surface area contributed by atoms with Gasteiger partial charge in [-0.3, -0.25) is 0 Å². The summed E-state index contributed by atoms with van der Waals surface area (Å²) in [4.78, 5) is 0. The van der Waals surface area contributed by atoms with Crippen LogP contribution in [0.1, 0.15) is 77.3 Å². The number of rotatable bonds is 3. The van der Waals surface area contributed by atoms with E-state index < -0.39 is 0 Å². The minimum Gasteiger partial charge on any atom is -0.399 e. The van der Waals surface area contributed by atoms with Crippen LogP contribution in [0.25, 0.3) is 0 Å². The maximum absolute atomic E-state index is 6.36. The summed E-state index contributed by atoms with van der Waals surface area (Å²) in [7, 11) is -0.286. The van der Waals surface area contributed by atoms with E-state index in [1.165, 1.54) is 16.6 Å². The van der Waals surface area contributed by atoms with E-state index in [1.807, 2.05) is 0 Å². The van der Waals surface area contributed by atoms with E-state index in [4.69, 9.17) is 14.0 Å². The van der Waals surface area contributed by atoms with E-state index in [0.29, 0.717) is 11.8 Å². The maximum Gasteiger partial charge on any atom is 0.495 e. The highest BCUT2D eigenvalue weighted by atomic mass is 16.7. The molecule has 24 heavy (non-hydrogen) atoms. The average molecular weight is 330 g/mol. The van der Waals surface area contributed by atoms with Gasteiger partial charge in [-0.15, -0.1) is 0 Å². The summed E-state index contributed by atoms with van der Waals surface area (Å²) in [5.41, 5.74) is 3.32. The molecule has 0 aliphatic carbocycles. The Hall–Kier alpha value is -0.835. The second-order valence-electron chi connectivity index (χ2n) is 8.52. The zero-order valence-corrected chi connectivity index (χ0v) is 16.0. The Bertz CT molecular complexity index is 573. The van der Waals surface area contributed by atoms with E-state index in [9.17, 15) is 0 Å². The van der Waals surface area contributed by atoms with Crippen LogP contribution in [0.3, 0.4) is 0 Å². The van der Waals surface area contributed by atoms with Crippen LogP contribution in [0.5, 0.6) is 0 Å². The van der Waals surface area contributed by atoms with Crippen LogP contribution in [0.4, 0.5) is 0 Å². The third kappa shape index (κ3) is 3.29. The number of benzene rings is 1. The van der Waals surface area contributed by atoms with Crippen molar-refractivity contribution in [2.45, 2.75) is 77.4 Å².